The number of carbonyl (C=O) groups is 6. The molecular formula is C45H48O15. The minimum absolute atomic E-state index is 0.0118. The number of ketones is 6. The Bertz CT molecular complexity index is 2280. The van der Waals surface area contributed by atoms with Gasteiger partial charge in [-0.2, -0.15) is 0 Å². The van der Waals surface area contributed by atoms with Crippen LogP contribution in [-0.4, -0.2) is 101 Å². The Morgan fingerprint density at radius 1 is 0.783 bits per heavy atom. The summed E-state index contributed by atoms with van der Waals surface area (Å²) in [5.74, 6) is 1.37. The third-order valence-electron chi connectivity index (χ3n) is 11.6. The Morgan fingerprint density at radius 3 is 1.90 bits per heavy atom. The van der Waals surface area contributed by atoms with Gasteiger partial charge in [0.05, 0.1) is 20.0 Å². The van der Waals surface area contributed by atoms with Crippen LogP contribution in [0.4, 0.5) is 0 Å². The van der Waals surface area contributed by atoms with Gasteiger partial charge in [0.1, 0.15) is 17.3 Å². The highest BCUT2D eigenvalue weighted by atomic mass is 16.6. The highest BCUT2D eigenvalue weighted by molar-refractivity contribution is 6.09. The van der Waals surface area contributed by atoms with Crippen molar-refractivity contribution in [2.75, 3.05) is 21.3 Å². The summed E-state index contributed by atoms with van der Waals surface area (Å²) in [5.41, 5.74) is -2.46. The molecule has 6 bridgehead atoms. The maximum atomic E-state index is 12.7. The summed E-state index contributed by atoms with van der Waals surface area (Å²) in [6.07, 6.45) is 14.2. The quantitative estimate of drug-likeness (QED) is 0.217. The van der Waals surface area contributed by atoms with Gasteiger partial charge >= 0.3 is 0 Å². The molecular weight excluding hydrogens is 780 g/mol. The molecule has 1 aromatic carbocycles. The van der Waals surface area contributed by atoms with E-state index in [2.05, 4.69) is 5.92 Å². The van der Waals surface area contributed by atoms with Crippen molar-refractivity contribution < 1.29 is 67.4 Å². The molecule has 15 heteroatoms. The minimum Gasteiger partial charge on any atom is -0.504 e. The van der Waals surface area contributed by atoms with E-state index in [1.165, 1.54) is 39.5 Å². The van der Waals surface area contributed by atoms with Crippen LogP contribution in [0.3, 0.4) is 0 Å². The molecule has 3 aliphatic carbocycles. The number of allylic oxidation sites excluding steroid dienone is 1. The first-order valence-corrected chi connectivity index (χ1v) is 19.6. The average molecular weight is 829 g/mol. The summed E-state index contributed by atoms with van der Waals surface area (Å²) in [4.78, 5) is 82.4. The molecule has 0 spiro atoms. The monoisotopic (exact) mass is 828 g/mol. The van der Waals surface area contributed by atoms with Gasteiger partial charge in [0.15, 0.2) is 46.6 Å². The fraction of sp³-hybridized carbons (Fsp3) is 0.489. The Labute approximate surface area is 346 Å². The van der Waals surface area contributed by atoms with Crippen molar-refractivity contribution in [1.82, 2.24) is 0 Å². The number of rotatable bonds is 8. The molecule has 8 aliphatic rings. The molecule has 1 saturated heterocycles. The molecule has 0 amide bonds. The van der Waals surface area contributed by atoms with Crippen molar-refractivity contribution in [2.45, 2.75) is 101 Å². The zero-order chi connectivity index (χ0) is 44.1. The van der Waals surface area contributed by atoms with Gasteiger partial charge in [-0.15, -0.1) is 6.42 Å². The van der Waals surface area contributed by atoms with Gasteiger partial charge in [-0.3, -0.25) is 33.6 Å². The Balaban J connectivity index is 0.000000140. The van der Waals surface area contributed by atoms with Gasteiger partial charge in [-0.25, -0.2) is 0 Å². The highest BCUT2D eigenvalue weighted by Gasteiger charge is 2.68. The second-order valence-electron chi connectivity index (χ2n) is 16.2. The first-order chi connectivity index (χ1) is 28.3. The zero-order valence-electron chi connectivity index (χ0n) is 34.4. The van der Waals surface area contributed by atoms with E-state index in [0.29, 0.717) is 28.2 Å². The predicted octanol–water partition coefficient (Wildman–Crippen LogP) is 3.63. The largest absolute Gasteiger partial charge is 0.504 e. The van der Waals surface area contributed by atoms with Gasteiger partial charge in [-0.05, 0) is 114 Å². The van der Waals surface area contributed by atoms with Crippen LogP contribution >= 0.6 is 0 Å². The SMILES string of the molecule is C#CC(=O)C1CC1.COC1=CC2(C)OC(C1=O)C1OC(C)=CC2(OC)C1=O.COC1=C[C@]2(C)O[C@@H](C=C2C(=O)C2CC2)C1=O.Cc1cc(=O)c(O)c(O)cc1C(=O)C1CC1. The summed E-state index contributed by atoms with van der Waals surface area (Å²) in [7, 11) is 4.31. The number of terminal acetylenes is 1. The van der Waals surface area contributed by atoms with Crippen LogP contribution in [-0.2, 0) is 52.4 Å². The molecule has 0 radical (unpaired) electrons. The van der Waals surface area contributed by atoms with E-state index in [9.17, 15) is 43.8 Å². The van der Waals surface area contributed by atoms with Crippen LogP contribution in [0, 0.1) is 37.0 Å². The smallest absolute Gasteiger partial charge is 0.230 e. The number of aromatic hydroxyl groups is 2. The molecule has 0 aromatic heterocycles. The molecule has 4 fully saturated rings. The lowest BCUT2D eigenvalue weighted by molar-refractivity contribution is -0.235. The minimum atomic E-state index is -1.30. The number of carbonyl (C=O) groups excluding carboxylic acids is 6. The molecule has 60 heavy (non-hydrogen) atoms. The van der Waals surface area contributed by atoms with Crippen LogP contribution in [0.5, 0.6) is 11.5 Å². The molecule has 9 rings (SSSR count). The topological polar surface area (TPSA) is 215 Å². The molecule has 4 unspecified atom stereocenters. The molecule has 3 saturated carbocycles. The Morgan fingerprint density at radius 2 is 1.37 bits per heavy atom. The van der Waals surface area contributed by atoms with E-state index in [0.717, 1.165) is 38.5 Å². The zero-order valence-corrected chi connectivity index (χ0v) is 34.4. The summed E-state index contributed by atoms with van der Waals surface area (Å²) in [5, 5.41) is 18.7. The lowest BCUT2D eigenvalue weighted by atomic mass is 9.70. The fourth-order valence-corrected chi connectivity index (χ4v) is 7.69. The standard InChI is InChI=1S/C14H16O6.C13H14O4.C12H12O4.C6H6O/c1-7-5-14(18-4)12(16)11(19-7)10-9(15)8(17-3)6-13(14,2)20-10;1-13-6-10(16-2)12(15)9(17-13)5-8(13)11(14)7-3-4-7;1-6-4-9(13)12(16)10(14)5-8(6)11(15)7-2-3-7;1-2-6(7)5-3-4-5/h5-6,10-11H,1-4H3;5-7,9H,3-4H2,1-2H3;4-5,7H,2-3H2,1H3,(H2,13,14,16);1,5H,3-4H2/t;9-,13-;;/m.0../s1. The van der Waals surface area contributed by atoms with Crippen molar-refractivity contribution in [3.05, 3.63) is 80.6 Å². The van der Waals surface area contributed by atoms with E-state index in [4.69, 9.17) is 34.8 Å². The summed E-state index contributed by atoms with van der Waals surface area (Å²) in [6, 6.07) is 2.34. The number of methoxy groups -OCH3 is 3. The van der Waals surface area contributed by atoms with Crippen molar-refractivity contribution in [3.63, 3.8) is 0 Å². The van der Waals surface area contributed by atoms with E-state index >= 15 is 0 Å². The lowest BCUT2D eigenvalue weighted by Gasteiger charge is -2.54. The molecule has 1 aromatic rings. The van der Waals surface area contributed by atoms with Crippen LogP contribution in [0.15, 0.2) is 64.1 Å². The van der Waals surface area contributed by atoms with Gasteiger partial charge in [0.25, 0.3) is 0 Å². The number of ether oxygens (including phenoxy) is 6. The molecule has 318 valence electrons. The number of fused-ring (bicyclic) bond motifs is 8. The molecule has 6 atom stereocenters. The van der Waals surface area contributed by atoms with Gasteiger partial charge in [0, 0.05) is 36.0 Å². The molecule has 15 nitrogen and oxygen atoms in total. The third kappa shape index (κ3) is 8.11. The number of hydrogen-bond donors (Lipinski definition) is 2. The first kappa shape index (κ1) is 43.9. The van der Waals surface area contributed by atoms with Gasteiger partial charge < -0.3 is 38.6 Å². The summed E-state index contributed by atoms with van der Waals surface area (Å²) < 4.78 is 32.6. The van der Waals surface area contributed by atoms with E-state index < -0.39 is 52.0 Å². The van der Waals surface area contributed by atoms with E-state index in [-0.39, 0.29) is 58.2 Å². The molecule has 5 aliphatic heterocycles. The van der Waals surface area contributed by atoms with E-state index in [1.54, 1.807) is 39.0 Å². The van der Waals surface area contributed by atoms with Crippen LogP contribution in [0.25, 0.3) is 0 Å². The highest BCUT2D eigenvalue weighted by Crippen LogP contribution is 2.48. The van der Waals surface area contributed by atoms with Crippen molar-refractivity contribution in [3.8, 4) is 23.8 Å². The fourth-order valence-electron chi connectivity index (χ4n) is 7.69. The van der Waals surface area contributed by atoms with Crippen LogP contribution in [0.1, 0.15) is 75.2 Å². The van der Waals surface area contributed by atoms with E-state index in [1.807, 2.05) is 6.92 Å². The van der Waals surface area contributed by atoms with Gasteiger partial charge in [-0.1, -0.05) is 0 Å². The number of Topliss-reactive ketones (excluding diaryl/α,β-unsaturated/α-hetero) is 6. The summed E-state index contributed by atoms with van der Waals surface area (Å²) >= 11 is 0. The van der Waals surface area contributed by atoms with Gasteiger partial charge in [0.2, 0.25) is 34.3 Å². The maximum absolute atomic E-state index is 12.7. The maximum Gasteiger partial charge on any atom is 0.230 e. The Kier molecular flexibility index (Phi) is 12.0. The average Bonchev–Trinajstić information content (AvgIpc) is 4.05. The number of aryl methyl sites for hydroxylation is 1. The van der Waals surface area contributed by atoms with Crippen molar-refractivity contribution in [1.29, 1.82) is 0 Å². The third-order valence-corrected chi connectivity index (χ3v) is 11.6. The van der Waals surface area contributed by atoms with Crippen LogP contribution in [0.2, 0.25) is 0 Å². The molecule has 2 N–H and O–H groups in total. The second kappa shape index (κ2) is 16.4. The molecule has 5 heterocycles. The second-order valence-corrected chi connectivity index (χ2v) is 16.2. The normalized spacial score (nSPS) is 30.3. The predicted molar refractivity (Wildman–Crippen MR) is 210 cm³/mol. The lowest BCUT2D eigenvalue weighted by Crippen LogP contribution is -2.73. The van der Waals surface area contributed by atoms with Crippen molar-refractivity contribution >= 4 is 34.7 Å². The summed E-state index contributed by atoms with van der Waals surface area (Å²) in [6.45, 7) is 6.86. The van der Waals surface area contributed by atoms with Crippen LogP contribution < -0.4 is 5.43 Å². The van der Waals surface area contributed by atoms with Crippen molar-refractivity contribution in [2.24, 2.45) is 17.8 Å². The first-order valence-electron chi connectivity index (χ1n) is 19.6. The Hall–Kier alpha value is -5.69. The number of hydrogen-bond acceptors (Lipinski definition) is 15.